The molecule has 2 N–H and O–H groups in total. The smallest absolute Gasteiger partial charge is 0.0716 e. The third-order valence-corrected chi connectivity index (χ3v) is 3.07. The summed E-state index contributed by atoms with van der Waals surface area (Å²) in [6, 6.07) is 5.58. The second kappa shape index (κ2) is 8.32. The van der Waals surface area contributed by atoms with Gasteiger partial charge in [-0.1, -0.05) is 17.7 Å². The molecule has 1 rings (SSSR count). The number of hydrogen-bond donors (Lipinski definition) is 2. The van der Waals surface area contributed by atoms with Gasteiger partial charge in [-0.15, -0.1) is 0 Å². The summed E-state index contributed by atoms with van der Waals surface area (Å²) >= 11 is 6.06. The molecule has 0 aliphatic carbocycles. The number of hydrogen-bond acceptors (Lipinski definition) is 4. The van der Waals surface area contributed by atoms with Gasteiger partial charge in [0.05, 0.1) is 26.4 Å². The van der Waals surface area contributed by atoms with Crippen LogP contribution >= 0.6 is 11.6 Å². The van der Waals surface area contributed by atoms with Crippen molar-refractivity contribution in [2.75, 3.05) is 37.8 Å². The predicted octanol–water partition coefficient (Wildman–Crippen LogP) is 1.67. The molecule has 0 fully saturated rings. The first-order valence-corrected chi connectivity index (χ1v) is 6.44. The minimum Gasteiger partial charge on any atom is -0.394 e. The Bertz CT molecular complexity index is 360. The summed E-state index contributed by atoms with van der Waals surface area (Å²) in [6.45, 7) is 4.37. The Balaban J connectivity index is 2.72. The van der Waals surface area contributed by atoms with Crippen molar-refractivity contribution in [2.24, 2.45) is 0 Å². The fraction of sp³-hybridized carbons (Fsp3) is 0.538. The summed E-state index contributed by atoms with van der Waals surface area (Å²) in [4.78, 5) is 2.09. The van der Waals surface area contributed by atoms with E-state index in [1.807, 2.05) is 19.1 Å². The Hall–Kier alpha value is -0.810. The van der Waals surface area contributed by atoms with E-state index in [0.29, 0.717) is 24.8 Å². The van der Waals surface area contributed by atoms with E-state index in [1.54, 1.807) is 6.07 Å². The molecule has 0 amide bonds. The Kier molecular flexibility index (Phi) is 7.05. The zero-order valence-corrected chi connectivity index (χ0v) is 11.4. The Morgan fingerprint density at radius 2 is 2.06 bits per heavy atom. The van der Waals surface area contributed by atoms with Crippen molar-refractivity contribution in [3.05, 3.63) is 28.8 Å². The lowest BCUT2D eigenvalue weighted by Gasteiger charge is -2.25. The van der Waals surface area contributed by atoms with Gasteiger partial charge in [0.25, 0.3) is 0 Å². The number of rotatable bonds is 8. The van der Waals surface area contributed by atoms with Gasteiger partial charge in [-0.2, -0.15) is 0 Å². The molecule has 1 aromatic carbocycles. The number of aliphatic hydroxyl groups excluding tert-OH is 2. The summed E-state index contributed by atoms with van der Waals surface area (Å²) in [5.41, 5.74) is 1.67. The van der Waals surface area contributed by atoms with Gasteiger partial charge in [-0.05, 0) is 19.1 Å². The Morgan fingerprint density at radius 3 is 2.67 bits per heavy atom. The van der Waals surface area contributed by atoms with E-state index >= 15 is 0 Å². The lowest BCUT2D eigenvalue weighted by Crippen LogP contribution is -2.28. The maximum Gasteiger partial charge on any atom is 0.0716 e. The summed E-state index contributed by atoms with van der Waals surface area (Å²) in [5.74, 6) is 0. The maximum absolute atomic E-state index is 9.38. The normalized spacial score (nSPS) is 10.7. The molecule has 0 saturated carbocycles. The van der Waals surface area contributed by atoms with E-state index in [9.17, 15) is 5.11 Å². The van der Waals surface area contributed by atoms with Crippen LogP contribution in [-0.2, 0) is 11.3 Å². The molecule has 0 aromatic heterocycles. The average Bonchev–Trinajstić information content (AvgIpc) is 2.39. The van der Waals surface area contributed by atoms with Crippen LogP contribution in [0.25, 0.3) is 0 Å². The first-order valence-electron chi connectivity index (χ1n) is 6.06. The summed E-state index contributed by atoms with van der Waals surface area (Å²) < 4.78 is 5.25. The summed E-state index contributed by atoms with van der Waals surface area (Å²) in [5, 5.41) is 18.6. The van der Waals surface area contributed by atoms with Crippen molar-refractivity contribution >= 4 is 17.3 Å². The fourth-order valence-electron chi connectivity index (χ4n) is 1.79. The number of benzene rings is 1. The van der Waals surface area contributed by atoms with Crippen molar-refractivity contribution in [1.29, 1.82) is 0 Å². The highest BCUT2D eigenvalue weighted by molar-refractivity contribution is 6.31. The summed E-state index contributed by atoms with van der Waals surface area (Å²) in [7, 11) is 0. The third kappa shape index (κ3) is 4.14. The zero-order valence-electron chi connectivity index (χ0n) is 10.6. The number of halogens is 1. The highest BCUT2D eigenvalue weighted by Gasteiger charge is 2.11. The van der Waals surface area contributed by atoms with Crippen LogP contribution in [0.3, 0.4) is 0 Å². The van der Waals surface area contributed by atoms with E-state index in [4.69, 9.17) is 21.4 Å². The third-order valence-electron chi connectivity index (χ3n) is 2.72. The molecule has 18 heavy (non-hydrogen) atoms. The molecular weight excluding hydrogens is 254 g/mol. The van der Waals surface area contributed by atoms with Crippen LogP contribution in [0, 0.1) is 0 Å². The van der Waals surface area contributed by atoms with Crippen LogP contribution < -0.4 is 4.90 Å². The number of ether oxygens (including phenoxy) is 1. The second-order valence-corrected chi connectivity index (χ2v) is 4.22. The predicted molar refractivity (Wildman–Crippen MR) is 73.2 cm³/mol. The van der Waals surface area contributed by atoms with Gasteiger partial charge in [0, 0.05) is 29.4 Å². The van der Waals surface area contributed by atoms with Crippen LogP contribution in [0.5, 0.6) is 0 Å². The van der Waals surface area contributed by atoms with Crippen LogP contribution in [0.4, 0.5) is 5.69 Å². The molecule has 0 heterocycles. The van der Waals surface area contributed by atoms with Gasteiger partial charge >= 0.3 is 0 Å². The molecule has 0 unspecified atom stereocenters. The van der Waals surface area contributed by atoms with Crippen molar-refractivity contribution in [3.63, 3.8) is 0 Å². The molecule has 0 spiro atoms. The highest BCUT2D eigenvalue weighted by Crippen LogP contribution is 2.27. The largest absolute Gasteiger partial charge is 0.394 e. The minimum absolute atomic E-state index is 0.0329. The van der Waals surface area contributed by atoms with E-state index < -0.39 is 0 Å². The van der Waals surface area contributed by atoms with Gasteiger partial charge in [-0.3, -0.25) is 0 Å². The Labute approximate surface area is 113 Å². The number of anilines is 1. The molecule has 102 valence electrons. The van der Waals surface area contributed by atoms with Crippen molar-refractivity contribution < 1.29 is 14.9 Å². The molecule has 0 saturated heterocycles. The first-order chi connectivity index (χ1) is 8.74. The first kappa shape index (κ1) is 15.2. The number of aliphatic hydroxyl groups is 2. The van der Waals surface area contributed by atoms with Crippen LogP contribution in [0.1, 0.15) is 12.5 Å². The van der Waals surface area contributed by atoms with Crippen molar-refractivity contribution in [1.82, 2.24) is 0 Å². The molecule has 0 aliphatic heterocycles. The second-order valence-electron chi connectivity index (χ2n) is 3.81. The van der Waals surface area contributed by atoms with Gasteiger partial charge in [0.1, 0.15) is 0 Å². The van der Waals surface area contributed by atoms with Crippen molar-refractivity contribution in [3.8, 4) is 0 Å². The molecule has 1 aromatic rings. The van der Waals surface area contributed by atoms with E-state index in [1.165, 1.54) is 0 Å². The van der Waals surface area contributed by atoms with E-state index in [-0.39, 0.29) is 13.2 Å². The maximum atomic E-state index is 9.38. The molecule has 0 radical (unpaired) electrons. The number of nitrogens with zero attached hydrogens (tertiary/aromatic N) is 1. The van der Waals surface area contributed by atoms with Gasteiger partial charge < -0.3 is 19.8 Å². The molecule has 0 bridgehead atoms. The number of likely N-dealkylation sites (N-methyl/N-ethyl adjacent to an activating group) is 1. The molecule has 4 nitrogen and oxygen atoms in total. The van der Waals surface area contributed by atoms with Gasteiger partial charge in [0.2, 0.25) is 0 Å². The van der Waals surface area contributed by atoms with E-state index in [2.05, 4.69) is 4.90 Å². The van der Waals surface area contributed by atoms with Crippen LogP contribution in [-0.4, -0.2) is 43.1 Å². The fourth-order valence-corrected chi connectivity index (χ4v) is 2.02. The van der Waals surface area contributed by atoms with Gasteiger partial charge in [-0.25, -0.2) is 0 Å². The molecule has 5 heteroatoms. The standard InChI is InChI=1S/C13H20ClNO3/c1-2-15(6-8-18-9-7-16)13-5-3-4-12(14)11(13)10-17/h3-5,16-17H,2,6-10H2,1H3. The highest BCUT2D eigenvalue weighted by atomic mass is 35.5. The Morgan fingerprint density at radius 1 is 1.28 bits per heavy atom. The molecule has 0 atom stereocenters. The van der Waals surface area contributed by atoms with Crippen molar-refractivity contribution in [2.45, 2.75) is 13.5 Å². The topological polar surface area (TPSA) is 52.9 Å². The van der Waals surface area contributed by atoms with Crippen LogP contribution in [0.15, 0.2) is 18.2 Å². The minimum atomic E-state index is -0.0804. The lowest BCUT2D eigenvalue weighted by molar-refractivity contribution is 0.0967. The quantitative estimate of drug-likeness (QED) is 0.708. The van der Waals surface area contributed by atoms with Crippen LogP contribution in [0.2, 0.25) is 5.02 Å². The average molecular weight is 274 g/mol. The lowest BCUT2D eigenvalue weighted by atomic mass is 10.1. The monoisotopic (exact) mass is 273 g/mol. The zero-order chi connectivity index (χ0) is 13.4. The van der Waals surface area contributed by atoms with Gasteiger partial charge in [0.15, 0.2) is 0 Å². The summed E-state index contributed by atoms with van der Waals surface area (Å²) in [6.07, 6.45) is 0. The molecule has 0 aliphatic rings. The SMILES string of the molecule is CCN(CCOCCO)c1cccc(Cl)c1CO. The molecular formula is C13H20ClNO3. The van der Waals surface area contributed by atoms with E-state index in [0.717, 1.165) is 17.8 Å².